The summed E-state index contributed by atoms with van der Waals surface area (Å²) in [5, 5.41) is 5.24. The van der Waals surface area contributed by atoms with E-state index in [0.29, 0.717) is 23.5 Å². The van der Waals surface area contributed by atoms with Gasteiger partial charge >= 0.3 is 12.0 Å². The minimum atomic E-state index is -0.528. The molecule has 2 aromatic rings. The molecule has 1 heterocycles. The molecule has 8 nitrogen and oxygen atoms in total. The third-order valence-corrected chi connectivity index (χ3v) is 3.43. The number of carbonyl (C=O) groups excluding carboxylic acids is 3. The van der Waals surface area contributed by atoms with E-state index in [1.54, 1.807) is 22.8 Å². The van der Waals surface area contributed by atoms with Crippen molar-refractivity contribution in [2.75, 3.05) is 17.7 Å². The van der Waals surface area contributed by atoms with Crippen LogP contribution in [0, 0.1) is 0 Å². The molecular formula is C17H20N4O4. The molecule has 0 saturated heterocycles. The Morgan fingerprint density at radius 3 is 2.64 bits per heavy atom. The number of ether oxygens (including phenoxy) is 1. The number of esters is 1. The third-order valence-electron chi connectivity index (χ3n) is 3.43. The summed E-state index contributed by atoms with van der Waals surface area (Å²) in [5.74, 6) is -0.331. The Labute approximate surface area is 145 Å². The average Bonchev–Trinajstić information content (AvgIpc) is 2.97. The number of ketones is 1. The molecule has 0 aliphatic rings. The Bertz CT molecular complexity index is 798. The van der Waals surface area contributed by atoms with Gasteiger partial charge in [-0.2, -0.15) is 0 Å². The summed E-state index contributed by atoms with van der Waals surface area (Å²) in [6, 6.07) is 5.84. The van der Waals surface area contributed by atoms with E-state index >= 15 is 0 Å². The number of nitrogens with zero attached hydrogens (tertiary/aromatic N) is 2. The first-order valence-corrected chi connectivity index (χ1v) is 7.79. The first kappa shape index (κ1) is 18.2. The van der Waals surface area contributed by atoms with Crippen molar-refractivity contribution >= 4 is 29.4 Å². The lowest BCUT2D eigenvalue weighted by atomic mass is 10.2. The van der Waals surface area contributed by atoms with Gasteiger partial charge in [0, 0.05) is 19.2 Å². The van der Waals surface area contributed by atoms with Gasteiger partial charge in [0.1, 0.15) is 5.69 Å². The summed E-state index contributed by atoms with van der Waals surface area (Å²) >= 11 is 0. The number of urea groups is 1. The van der Waals surface area contributed by atoms with Gasteiger partial charge in [-0.05, 0) is 24.6 Å². The van der Waals surface area contributed by atoms with Crippen LogP contribution in [0.15, 0.2) is 30.5 Å². The molecule has 0 fully saturated rings. The second-order valence-corrected chi connectivity index (χ2v) is 5.33. The Hall–Kier alpha value is -3.16. The summed E-state index contributed by atoms with van der Waals surface area (Å²) in [4.78, 5) is 39.4. The molecule has 0 unspecified atom stereocenters. The first-order valence-electron chi connectivity index (χ1n) is 7.79. The van der Waals surface area contributed by atoms with Gasteiger partial charge in [0.2, 0.25) is 5.95 Å². The standard InChI is InChI=1S/C17H20N4O4/c1-4-8-21-14(11(2)22)10-18-16(21)20-17(24)19-13-7-5-6-12(9-13)15(23)25-3/h5-7,9-10H,4,8H2,1-3H3,(H2,18,19,20,24). The summed E-state index contributed by atoms with van der Waals surface area (Å²) in [7, 11) is 1.29. The zero-order valence-electron chi connectivity index (χ0n) is 14.3. The summed E-state index contributed by atoms with van der Waals surface area (Å²) in [6.45, 7) is 3.97. The number of carbonyl (C=O) groups is 3. The number of methoxy groups -OCH3 is 1. The molecule has 25 heavy (non-hydrogen) atoms. The van der Waals surface area contributed by atoms with Crippen LogP contribution < -0.4 is 10.6 Å². The number of anilines is 2. The van der Waals surface area contributed by atoms with Gasteiger partial charge < -0.3 is 14.6 Å². The van der Waals surface area contributed by atoms with Crippen LogP contribution in [0.25, 0.3) is 0 Å². The van der Waals surface area contributed by atoms with Crippen molar-refractivity contribution in [1.82, 2.24) is 9.55 Å². The van der Waals surface area contributed by atoms with E-state index in [9.17, 15) is 14.4 Å². The molecule has 2 amide bonds. The number of hydrogen-bond donors (Lipinski definition) is 2. The third kappa shape index (κ3) is 4.43. The van der Waals surface area contributed by atoms with Crippen molar-refractivity contribution < 1.29 is 19.1 Å². The smallest absolute Gasteiger partial charge is 0.337 e. The quantitative estimate of drug-likeness (QED) is 0.619. The molecule has 2 N–H and O–H groups in total. The Morgan fingerprint density at radius 1 is 1.24 bits per heavy atom. The van der Waals surface area contributed by atoms with E-state index in [1.165, 1.54) is 26.3 Å². The predicted molar refractivity (Wildman–Crippen MR) is 92.9 cm³/mol. The summed E-state index contributed by atoms with van der Waals surface area (Å²) in [6.07, 6.45) is 2.22. The monoisotopic (exact) mass is 344 g/mol. The predicted octanol–water partition coefficient (Wildman–Crippen LogP) is 2.93. The Morgan fingerprint density at radius 2 is 2.00 bits per heavy atom. The zero-order valence-corrected chi connectivity index (χ0v) is 14.3. The molecule has 1 aromatic heterocycles. The number of aromatic nitrogens is 2. The van der Waals surface area contributed by atoms with Crippen LogP contribution in [-0.4, -0.2) is 34.4 Å². The normalized spacial score (nSPS) is 10.2. The zero-order chi connectivity index (χ0) is 18.4. The first-order chi connectivity index (χ1) is 12.0. The largest absolute Gasteiger partial charge is 0.465 e. The van der Waals surface area contributed by atoms with Gasteiger partial charge in [-0.1, -0.05) is 13.0 Å². The number of hydrogen-bond acceptors (Lipinski definition) is 5. The molecule has 1 aromatic carbocycles. The van der Waals surface area contributed by atoms with E-state index in [1.807, 2.05) is 6.92 Å². The molecule has 8 heteroatoms. The van der Waals surface area contributed by atoms with E-state index < -0.39 is 12.0 Å². The second kappa shape index (κ2) is 8.09. The molecule has 0 aliphatic heterocycles. The summed E-state index contributed by atoms with van der Waals surface area (Å²) < 4.78 is 6.31. The van der Waals surface area contributed by atoms with E-state index in [2.05, 4.69) is 20.4 Å². The van der Waals surface area contributed by atoms with E-state index in [4.69, 9.17) is 0 Å². The molecule has 132 valence electrons. The van der Waals surface area contributed by atoms with Crippen molar-refractivity contribution in [2.24, 2.45) is 0 Å². The summed E-state index contributed by atoms with van der Waals surface area (Å²) in [5.41, 5.74) is 1.19. The molecule has 0 spiro atoms. The van der Waals surface area contributed by atoms with Crippen LogP contribution in [0.3, 0.4) is 0 Å². The van der Waals surface area contributed by atoms with Crippen molar-refractivity contribution in [3.05, 3.63) is 41.7 Å². The Kier molecular flexibility index (Phi) is 5.89. The van der Waals surface area contributed by atoms with Crippen LogP contribution in [-0.2, 0) is 11.3 Å². The van der Waals surface area contributed by atoms with Crippen LogP contribution in [0.1, 0.15) is 41.1 Å². The van der Waals surface area contributed by atoms with Gasteiger partial charge in [0.15, 0.2) is 5.78 Å². The fourth-order valence-electron chi connectivity index (χ4n) is 2.31. The lowest BCUT2D eigenvalue weighted by molar-refractivity contribution is 0.0600. The molecule has 0 radical (unpaired) electrons. The Balaban J connectivity index is 2.13. The topological polar surface area (TPSA) is 102 Å². The highest BCUT2D eigenvalue weighted by atomic mass is 16.5. The van der Waals surface area contributed by atoms with Gasteiger partial charge in [0.25, 0.3) is 0 Å². The lowest BCUT2D eigenvalue weighted by Crippen LogP contribution is -2.23. The SMILES string of the molecule is CCCn1c(C(C)=O)cnc1NC(=O)Nc1cccc(C(=O)OC)c1. The minimum absolute atomic E-state index is 0.125. The van der Waals surface area contributed by atoms with Crippen molar-refractivity contribution in [3.63, 3.8) is 0 Å². The number of nitrogens with one attached hydrogen (secondary N) is 2. The lowest BCUT2D eigenvalue weighted by Gasteiger charge is -2.11. The maximum atomic E-state index is 12.2. The number of amides is 2. The molecule has 0 aliphatic carbocycles. The maximum Gasteiger partial charge on any atom is 0.337 e. The highest BCUT2D eigenvalue weighted by Gasteiger charge is 2.15. The van der Waals surface area contributed by atoms with Crippen molar-refractivity contribution in [3.8, 4) is 0 Å². The van der Waals surface area contributed by atoms with E-state index in [-0.39, 0.29) is 11.7 Å². The van der Waals surface area contributed by atoms with Crippen LogP contribution in [0.4, 0.5) is 16.4 Å². The molecule has 0 bridgehead atoms. The molecule has 0 atom stereocenters. The fraction of sp³-hybridized carbons (Fsp3) is 0.294. The average molecular weight is 344 g/mol. The number of rotatable bonds is 6. The van der Waals surface area contributed by atoms with Gasteiger partial charge in [0.05, 0.1) is 18.9 Å². The maximum absolute atomic E-state index is 12.2. The molecule has 2 rings (SSSR count). The second-order valence-electron chi connectivity index (χ2n) is 5.33. The van der Waals surface area contributed by atoms with Crippen molar-refractivity contribution in [2.45, 2.75) is 26.8 Å². The fourth-order valence-corrected chi connectivity index (χ4v) is 2.31. The van der Waals surface area contributed by atoms with Crippen molar-refractivity contribution in [1.29, 1.82) is 0 Å². The highest BCUT2D eigenvalue weighted by Crippen LogP contribution is 2.15. The molecular weight excluding hydrogens is 324 g/mol. The van der Waals surface area contributed by atoms with Crippen LogP contribution in [0.2, 0.25) is 0 Å². The van der Waals surface area contributed by atoms with Gasteiger partial charge in [-0.15, -0.1) is 0 Å². The van der Waals surface area contributed by atoms with Crippen LogP contribution >= 0.6 is 0 Å². The van der Waals surface area contributed by atoms with Gasteiger partial charge in [-0.25, -0.2) is 14.6 Å². The number of imidazole rings is 1. The van der Waals surface area contributed by atoms with Gasteiger partial charge in [-0.3, -0.25) is 10.1 Å². The minimum Gasteiger partial charge on any atom is -0.465 e. The molecule has 0 saturated carbocycles. The van der Waals surface area contributed by atoms with Crippen LogP contribution in [0.5, 0.6) is 0 Å². The number of benzene rings is 1. The highest BCUT2D eigenvalue weighted by molar-refractivity contribution is 6.00. The number of Topliss-reactive ketones (excluding diaryl/α,β-unsaturated/α-hetero) is 1. The van der Waals surface area contributed by atoms with E-state index in [0.717, 1.165) is 6.42 Å².